The van der Waals surface area contributed by atoms with Crippen molar-refractivity contribution in [1.29, 1.82) is 0 Å². The molecule has 2 fully saturated rings. The van der Waals surface area contributed by atoms with Gasteiger partial charge in [-0.1, -0.05) is 6.92 Å². The summed E-state index contributed by atoms with van der Waals surface area (Å²) in [5.74, 6) is 0.0565. The molecule has 0 radical (unpaired) electrons. The van der Waals surface area contributed by atoms with Gasteiger partial charge in [0.05, 0.1) is 12.9 Å². The van der Waals surface area contributed by atoms with Crippen LogP contribution in [0.15, 0.2) is 12.7 Å². The number of amides is 1. The summed E-state index contributed by atoms with van der Waals surface area (Å²) in [6.07, 6.45) is -0.262. The minimum absolute atomic E-state index is 0.189. The van der Waals surface area contributed by atoms with E-state index in [1.807, 2.05) is 6.92 Å². The first-order valence-corrected chi connectivity index (χ1v) is 9.86. The standard InChI is InChI=1S/C14H18N5O7P/c1-2-3-8(20)18-12-9-13(16-5-15-12)19(6-17-9)14-10(21)11-7(25-14)4-24-27(22,23)26-11/h5-7,10-11,14,21H,2-4H2,1H3,(H,22,23)(H,15,16,18,20)/t7-,10-,11+,14-/m1/s1. The van der Waals surface area contributed by atoms with Crippen molar-refractivity contribution in [2.75, 3.05) is 11.9 Å². The van der Waals surface area contributed by atoms with Crippen LogP contribution in [-0.4, -0.2) is 60.3 Å². The Morgan fingerprint density at radius 1 is 1.44 bits per heavy atom. The molecule has 0 aromatic carbocycles. The van der Waals surface area contributed by atoms with E-state index in [9.17, 15) is 19.4 Å². The number of fused-ring (bicyclic) bond motifs is 2. The number of aromatic nitrogens is 4. The summed E-state index contributed by atoms with van der Waals surface area (Å²) in [6.45, 7) is 1.70. The van der Waals surface area contributed by atoms with Crippen LogP contribution in [0.3, 0.4) is 0 Å². The molecule has 0 aliphatic carbocycles. The summed E-state index contributed by atoms with van der Waals surface area (Å²) in [4.78, 5) is 33.7. The minimum Gasteiger partial charge on any atom is -0.386 e. The third-order valence-electron chi connectivity index (χ3n) is 4.33. The van der Waals surface area contributed by atoms with E-state index in [2.05, 4.69) is 20.3 Å². The van der Waals surface area contributed by atoms with Gasteiger partial charge in [-0.15, -0.1) is 0 Å². The number of hydrogen-bond acceptors (Lipinski definition) is 9. The smallest absolute Gasteiger partial charge is 0.386 e. The number of imidazole rings is 1. The Morgan fingerprint density at radius 3 is 3.04 bits per heavy atom. The van der Waals surface area contributed by atoms with Crippen molar-refractivity contribution in [1.82, 2.24) is 19.5 Å². The number of phosphoric acid groups is 1. The fraction of sp³-hybridized carbons (Fsp3) is 0.571. The third-order valence-corrected chi connectivity index (χ3v) is 5.32. The average Bonchev–Trinajstić information content (AvgIpc) is 3.17. The molecule has 2 saturated heterocycles. The monoisotopic (exact) mass is 399 g/mol. The summed E-state index contributed by atoms with van der Waals surface area (Å²) < 4.78 is 28.4. The van der Waals surface area contributed by atoms with Crippen molar-refractivity contribution in [3.05, 3.63) is 12.7 Å². The van der Waals surface area contributed by atoms with Crippen LogP contribution in [0.1, 0.15) is 26.0 Å². The Labute approximate surface area is 153 Å². The zero-order valence-electron chi connectivity index (χ0n) is 14.3. The van der Waals surface area contributed by atoms with Gasteiger partial charge in [0.2, 0.25) is 5.91 Å². The molecule has 5 atom stereocenters. The number of aliphatic hydroxyl groups is 1. The van der Waals surface area contributed by atoms with Crippen LogP contribution >= 0.6 is 7.82 Å². The second-order valence-corrected chi connectivity index (χ2v) is 7.64. The highest BCUT2D eigenvalue weighted by atomic mass is 31.2. The molecule has 1 unspecified atom stereocenters. The lowest BCUT2D eigenvalue weighted by molar-refractivity contribution is -0.116. The van der Waals surface area contributed by atoms with Gasteiger partial charge >= 0.3 is 7.82 Å². The van der Waals surface area contributed by atoms with Gasteiger partial charge in [-0.3, -0.25) is 18.4 Å². The predicted molar refractivity (Wildman–Crippen MR) is 89.4 cm³/mol. The lowest BCUT2D eigenvalue weighted by atomic mass is 10.1. The topological polar surface area (TPSA) is 158 Å². The maximum atomic E-state index is 11.9. The molecule has 27 heavy (non-hydrogen) atoms. The maximum absolute atomic E-state index is 11.9. The number of phosphoric ester groups is 1. The Balaban J connectivity index is 1.63. The van der Waals surface area contributed by atoms with Gasteiger partial charge in [0, 0.05) is 6.42 Å². The van der Waals surface area contributed by atoms with Gasteiger partial charge in [0.1, 0.15) is 24.6 Å². The van der Waals surface area contributed by atoms with Crippen molar-refractivity contribution in [2.45, 2.75) is 44.3 Å². The molecule has 13 heteroatoms. The summed E-state index contributed by atoms with van der Waals surface area (Å²) in [5, 5.41) is 13.2. The summed E-state index contributed by atoms with van der Waals surface area (Å²) in [5.41, 5.74) is 0.658. The van der Waals surface area contributed by atoms with Gasteiger partial charge in [0.25, 0.3) is 0 Å². The zero-order chi connectivity index (χ0) is 19.2. The van der Waals surface area contributed by atoms with Crippen LogP contribution in [0.2, 0.25) is 0 Å². The minimum atomic E-state index is -4.21. The third kappa shape index (κ3) is 3.35. The summed E-state index contributed by atoms with van der Waals surface area (Å²) in [7, 11) is -4.21. The van der Waals surface area contributed by atoms with Crippen LogP contribution in [0.25, 0.3) is 11.2 Å². The van der Waals surface area contributed by atoms with E-state index >= 15 is 0 Å². The molecule has 3 N–H and O–H groups in total. The molecule has 2 aliphatic rings. The molecular formula is C14H18N5O7P. The maximum Gasteiger partial charge on any atom is 0.472 e. The Hall–Kier alpha value is -1.95. The van der Waals surface area contributed by atoms with Crippen molar-refractivity contribution in [3.8, 4) is 0 Å². The number of carbonyl (C=O) groups is 1. The Kier molecular flexibility index (Phi) is 4.70. The first kappa shape index (κ1) is 18.4. The van der Waals surface area contributed by atoms with E-state index in [0.717, 1.165) is 0 Å². The molecule has 2 aliphatic heterocycles. The van der Waals surface area contributed by atoms with Crippen LogP contribution in [-0.2, 0) is 23.1 Å². The number of ether oxygens (including phenoxy) is 1. The predicted octanol–water partition coefficient (Wildman–Crippen LogP) is 0.339. The van der Waals surface area contributed by atoms with Crippen molar-refractivity contribution in [3.63, 3.8) is 0 Å². The van der Waals surface area contributed by atoms with E-state index in [0.29, 0.717) is 24.0 Å². The van der Waals surface area contributed by atoms with E-state index in [1.165, 1.54) is 17.2 Å². The normalized spacial score (nSPS) is 33.1. The van der Waals surface area contributed by atoms with Gasteiger partial charge in [-0.25, -0.2) is 19.5 Å². The molecule has 0 spiro atoms. The number of nitrogens with zero attached hydrogens (tertiary/aromatic N) is 4. The summed E-state index contributed by atoms with van der Waals surface area (Å²) in [6, 6.07) is 0. The highest BCUT2D eigenvalue weighted by Gasteiger charge is 2.52. The van der Waals surface area contributed by atoms with Crippen molar-refractivity contribution < 1.29 is 33.1 Å². The molecule has 146 valence electrons. The number of carbonyl (C=O) groups excluding carboxylic acids is 1. The molecule has 12 nitrogen and oxygen atoms in total. The van der Waals surface area contributed by atoms with E-state index < -0.39 is 32.4 Å². The quantitative estimate of drug-likeness (QED) is 0.612. The second kappa shape index (κ2) is 6.89. The number of nitrogens with one attached hydrogen (secondary N) is 1. The largest absolute Gasteiger partial charge is 0.472 e. The highest BCUT2D eigenvalue weighted by molar-refractivity contribution is 7.47. The van der Waals surface area contributed by atoms with Crippen molar-refractivity contribution in [2.24, 2.45) is 0 Å². The average molecular weight is 399 g/mol. The fourth-order valence-electron chi connectivity index (χ4n) is 3.12. The first-order valence-electron chi connectivity index (χ1n) is 8.36. The fourth-order valence-corrected chi connectivity index (χ4v) is 4.08. The molecule has 2 aromatic heterocycles. The van der Waals surface area contributed by atoms with E-state index in [-0.39, 0.29) is 18.3 Å². The Bertz CT molecular complexity index is 920. The first-order chi connectivity index (χ1) is 12.9. The molecule has 1 amide bonds. The van der Waals surface area contributed by atoms with Gasteiger partial charge in [0.15, 0.2) is 23.2 Å². The molecule has 4 heterocycles. The Morgan fingerprint density at radius 2 is 2.26 bits per heavy atom. The summed E-state index contributed by atoms with van der Waals surface area (Å²) >= 11 is 0. The van der Waals surface area contributed by atoms with Crippen LogP contribution in [0.5, 0.6) is 0 Å². The molecule has 4 rings (SSSR count). The number of anilines is 1. The molecule has 2 aromatic rings. The van der Waals surface area contributed by atoms with Crippen LogP contribution in [0.4, 0.5) is 5.82 Å². The molecular weight excluding hydrogens is 381 g/mol. The van der Waals surface area contributed by atoms with Crippen molar-refractivity contribution >= 4 is 30.7 Å². The lowest BCUT2D eigenvalue weighted by Crippen LogP contribution is -2.39. The van der Waals surface area contributed by atoms with Gasteiger partial charge < -0.3 is 20.1 Å². The van der Waals surface area contributed by atoms with Crippen LogP contribution < -0.4 is 5.32 Å². The number of aliphatic hydroxyl groups excluding tert-OH is 1. The SMILES string of the molecule is CCCC(=O)Nc1ncnc2c1ncn2[C@@H]1O[C@@H]2COP(=O)(O)O[C@@H]2[C@H]1O. The number of rotatable bonds is 4. The van der Waals surface area contributed by atoms with Gasteiger partial charge in [-0.2, -0.15) is 0 Å². The molecule has 0 saturated carbocycles. The number of hydrogen-bond donors (Lipinski definition) is 3. The van der Waals surface area contributed by atoms with E-state index in [4.69, 9.17) is 13.8 Å². The highest BCUT2D eigenvalue weighted by Crippen LogP contribution is 2.52. The molecule has 0 bridgehead atoms. The van der Waals surface area contributed by atoms with Gasteiger partial charge in [-0.05, 0) is 6.42 Å². The van der Waals surface area contributed by atoms with E-state index in [1.54, 1.807) is 0 Å². The zero-order valence-corrected chi connectivity index (χ0v) is 15.2. The van der Waals surface area contributed by atoms with Crippen LogP contribution in [0, 0.1) is 0 Å². The lowest BCUT2D eigenvalue weighted by Gasteiger charge is -2.27. The second-order valence-electron chi connectivity index (χ2n) is 6.23.